The maximum Gasteiger partial charge on any atom is 0.358 e. The highest BCUT2D eigenvalue weighted by atomic mass is 16.5. The minimum absolute atomic E-state index is 0.260. The molecular formula is C19H19N3O3. The average Bonchev–Trinajstić information content (AvgIpc) is 3.07. The molecule has 25 heavy (non-hydrogen) atoms. The lowest BCUT2D eigenvalue weighted by Gasteiger charge is -2.09. The van der Waals surface area contributed by atoms with Gasteiger partial charge in [-0.25, -0.2) is 14.5 Å². The van der Waals surface area contributed by atoms with Crippen molar-refractivity contribution >= 4 is 5.97 Å². The molecule has 3 rings (SSSR count). The van der Waals surface area contributed by atoms with E-state index in [4.69, 9.17) is 9.47 Å². The third kappa shape index (κ3) is 3.38. The normalized spacial score (nSPS) is 10.5. The van der Waals surface area contributed by atoms with Crippen LogP contribution in [0.4, 0.5) is 0 Å². The van der Waals surface area contributed by atoms with Crippen molar-refractivity contribution in [3.8, 4) is 22.8 Å². The summed E-state index contributed by atoms with van der Waals surface area (Å²) in [4.78, 5) is 16.3. The van der Waals surface area contributed by atoms with Crippen LogP contribution in [0, 0.1) is 6.92 Å². The standard InChI is InChI=1S/C19H19N3O3/c1-4-25-19(23)16-11-17(15-8-6-5-7-13(15)2)22(21-16)14-9-10-18(24-3)20-12-14/h5-12H,4H2,1-3H3. The highest BCUT2D eigenvalue weighted by Crippen LogP contribution is 2.27. The minimum Gasteiger partial charge on any atom is -0.481 e. The van der Waals surface area contributed by atoms with Crippen molar-refractivity contribution in [2.75, 3.05) is 13.7 Å². The van der Waals surface area contributed by atoms with Gasteiger partial charge in [0, 0.05) is 11.6 Å². The molecule has 0 saturated heterocycles. The van der Waals surface area contributed by atoms with E-state index in [1.54, 1.807) is 37.0 Å². The first-order chi connectivity index (χ1) is 12.1. The van der Waals surface area contributed by atoms with Crippen molar-refractivity contribution in [1.82, 2.24) is 14.8 Å². The molecule has 0 bridgehead atoms. The molecule has 6 heteroatoms. The van der Waals surface area contributed by atoms with Crippen LogP contribution in [-0.2, 0) is 4.74 Å². The van der Waals surface area contributed by atoms with Gasteiger partial charge < -0.3 is 9.47 Å². The van der Waals surface area contributed by atoms with E-state index in [0.717, 1.165) is 22.5 Å². The first-order valence-electron chi connectivity index (χ1n) is 7.97. The number of methoxy groups -OCH3 is 1. The van der Waals surface area contributed by atoms with Gasteiger partial charge in [-0.1, -0.05) is 24.3 Å². The van der Waals surface area contributed by atoms with E-state index in [-0.39, 0.29) is 5.69 Å². The summed E-state index contributed by atoms with van der Waals surface area (Å²) in [6, 6.07) is 13.3. The van der Waals surface area contributed by atoms with Crippen LogP contribution in [0.25, 0.3) is 16.9 Å². The average molecular weight is 337 g/mol. The Morgan fingerprint density at radius 1 is 1.20 bits per heavy atom. The fourth-order valence-electron chi connectivity index (χ4n) is 2.55. The molecule has 6 nitrogen and oxygen atoms in total. The van der Waals surface area contributed by atoms with Crippen molar-refractivity contribution in [3.63, 3.8) is 0 Å². The van der Waals surface area contributed by atoms with E-state index in [0.29, 0.717) is 12.5 Å². The zero-order valence-electron chi connectivity index (χ0n) is 14.4. The molecule has 0 amide bonds. The second-order valence-electron chi connectivity index (χ2n) is 5.42. The summed E-state index contributed by atoms with van der Waals surface area (Å²) in [5.41, 5.74) is 3.86. The number of ether oxygens (including phenoxy) is 2. The molecule has 0 aliphatic carbocycles. The first-order valence-corrected chi connectivity index (χ1v) is 7.97. The lowest BCUT2D eigenvalue weighted by Crippen LogP contribution is -2.07. The molecule has 0 aliphatic rings. The largest absolute Gasteiger partial charge is 0.481 e. The van der Waals surface area contributed by atoms with Crippen LogP contribution < -0.4 is 4.74 Å². The number of carbonyl (C=O) groups is 1. The van der Waals surface area contributed by atoms with Crippen molar-refractivity contribution in [3.05, 3.63) is 59.9 Å². The van der Waals surface area contributed by atoms with Gasteiger partial charge in [-0.15, -0.1) is 0 Å². The third-order valence-electron chi connectivity index (χ3n) is 3.79. The van der Waals surface area contributed by atoms with Crippen LogP contribution in [0.15, 0.2) is 48.7 Å². The molecule has 2 aromatic heterocycles. The molecular weight excluding hydrogens is 318 g/mol. The molecule has 3 aromatic rings. The van der Waals surface area contributed by atoms with Gasteiger partial charge in [0.05, 0.1) is 31.3 Å². The third-order valence-corrected chi connectivity index (χ3v) is 3.79. The number of rotatable bonds is 5. The quantitative estimate of drug-likeness (QED) is 0.667. The Bertz CT molecular complexity index is 885. The summed E-state index contributed by atoms with van der Waals surface area (Å²) in [6.07, 6.45) is 1.66. The van der Waals surface area contributed by atoms with Gasteiger partial charge in [0.2, 0.25) is 5.88 Å². The Balaban J connectivity index is 2.14. The number of pyridine rings is 1. The van der Waals surface area contributed by atoms with Crippen LogP contribution in [-0.4, -0.2) is 34.5 Å². The molecule has 0 aliphatic heterocycles. The Morgan fingerprint density at radius 2 is 2.00 bits per heavy atom. The first kappa shape index (κ1) is 16.7. The number of esters is 1. The van der Waals surface area contributed by atoms with E-state index in [9.17, 15) is 4.79 Å². The lowest BCUT2D eigenvalue weighted by atomic mass is 10.1. The highest BCUT2D eigenvalue weighted by Gasteiger charge is 2.18. The van der Waals surface area contributed by atoms with Gasteiger partial charge in [-0.3, -0.25) is 0 Å². The van der Waals surface area contributed by atoms with E-state index in [1.807, 2.05) is 37.3 Å². The Hall–Kier alpha value is -3.15. The number of carbonyl (C=O) groups excluding carboxylic acids is 1. The Morgan fingerprint density at radius 3 is 2.64 bits per heavy atom. The zero-order valence-corrected chi connectivity index (χ0v) is 14.4. The molecule has 0 fully saturated rings. The molecule has 0 spiro atoms. The van der Waals surface area contributed by atoms with Crippen LogP contribution in [0.1, 0.15) is 23.0 Å². The lowest BCUT2D eigenvalue weighted by molar-refractivity contribution is 0.0519. The number of nitrogens with zero attached hydrogens (tertiary/aromatic N) is 3. The fourth-order valence-corrected chi connectivity index (χ4v) is 2.55. The maximum atomic E-state index is 12.1. The summed E-state index contributed by atoms with van der Waals surface area (Å²) in [6.45, 7) is 4.09. The summed E-state index contributed by atoms with van der Waals surface area (Å²) in [7, 11) is 1.56. The Labute approximate surface area is 146 Å². The highest BCUT2D eigenvalue weighted by molar-refractivity contribution is 5.89. The van der Waals surface area contributed by atoms with Crippen LogP contribution in [0.5, 0.6) is 5.88 Å². The van der Waals surface area contributed by atoms with Crippen molar-refractivity contribution in [2.24, 2.45) is 0 Å². The van der Waals surface area contributed by atoms with Crippen molar-refractivity contribution < 1.29 is 14.3 Å². The van der Waals surface area contributed by atoms with Crippen LogP contribution >= 0.6 is 0 Å². The van der Waals surface area contributed by atoms with Crippen LogP contribution in [0.2, 0.25) is 0 Å². The van der Waals surface area contributed by atoms with Gasteiger partial charge in [0.25, 0.3) is 0 Å². The van der Waals surface area contributed by atoms with Gasteiger partial charge in [-0.05, 0) is 31.5 Å². The maximum absolute atomic E-state index is 12.1. The predicted octanol–water partition coefficient (Wildman–Crippen LogP) is 3.43. The minimum atomic E-state index is -0.447. The van der Waals surface area contributed by atoms with Gasteiger partial charge in [-0.2, -0.15) is 5.10 Å². The second kappa shape index (κ2) is 7.17. The molecule has 0 saturated carbocycles. The summed E-state index contributed by atoms with van der Waals surface area (Å²) in [5, 5.41) is 4.43. The number of benzene rings is 1. The smallest absolute Gasteiger partial charge is 0.358 e. The number of hydrogen-bond donors (Lipinski definition) is 0. The van der Waals surface area contributed by atoms with Gasteiger partial charge in [0.15, 0.2) is 5.69 Å². The summed E-state index contributed by atoms with van der Waals surface area (Å²) in [5.74, 6) is 0.0662. The van der Waals surface area contributed by atoms with Crippen molar-refractivity contribution in [1.29, 1.82) is 0 Å². The van der Waals surface area contributed by atoms with Crippen LogP contribution in [0.3, 0.4) is 0 Å². The number of aromatic nitrogens is 3. The number of hydrogen-bond acceptors (Lipinski definition) is 5. The topological polar surface area (TPSA) is 66.2 Å². The van der Waals surface area contributed by atoms with E-state index < -0.39 is 5.97 Å². The number of aryl methyl sites for hydroxylation is 1. The van der Waals surface area contributed by atoms with E-state index in [1.165, 1.54) is 0 Å². The van der Waals surface area contributed by atoms with Gasteiger partial charge in [0.1, 0.15) is 0 Å². The molecule has 128 valence electrons. The summed E-state index contributed by atoms with van der Waals surface area (Å²) < 4.78 is 11.9. The van der Waals surface area contributed by atoms with E-state index >= 15 is 0 Å². The molecule has 0 radical (unpaired) electrons. The summed E-state index contributed by atoms with van der Waals surface area (Å²) >= 11 is 0. The van der Waals surface area contributed by atoms with Crippen molar-refractivity contribution in [2.45, 2.75) is 13.8 Å². The Kier molecular flexibility index (Phi) is 4.79. The second-order valence-corrected chi connectivity index (χ2v) is 5.42. The fraction of sp³-hybridized carbons (Fsp3) is 0.211. The molecule has 0 atom stereocenters. The monoisotopic (exact) mass is 337 g/mol. The SMILES string of the molecule is CCOC(=O)c1cc(-c2ccccc2C)n(-c2ccc(OC)nc2)n1. The predicted molar refractivity (Wildman–Crippen MR) is 94.0 cm³/mol. The zero-order chi connectivity index (χ0) is 17.8. The van der Waals surface area contributed by atoms with E-state index in [2.05, 4.69) is 10.1 Å². The molecule has 1 aromatic carbocycles. The van der Waals surface area contributed by atoms with Gasteiger partial charge >= 0.3 is 5.97 Å². The molecule has 2 heterocycles. The molecule has 0 N–H and O–H groups in total. The molecule has 0 unspecified atom stereocenters.